The molecule has 1 atom stereocenters. The standard InChI is InChI=1S/C12H13NO2S/c1-15-12(14)7-11(8-13)16-9-10-5-3-2-4-6-10/h2-6,11H,7,9H2,1H3. The third-order valence-corrected chi connectivity index (χ3v) is 3.19. The minimum Gasteiger partial charge on any atom is -0.469 e. The van der Waals surface area contributed by atoms with Crippen molar-refractivity contribution in [1.82, 2.24) is 0 Å². The molecular weight excluding hydrogens is 222 g/mol. The summed E-state index contributed by atoms with van der Waals surface area (Å²) in [5.74, 6) is 0.392. The van der Waals surface area contributed by atoms with E-state index in [-0.39, 0.29) is 17.6 Å². The summed E-state index contributed by atoms with van der Waals surface area (Å²) in [6.45, 7) is 0. The van der Waals surface area contributed by atoms with Gasteiger partial charge in [0.05, 0.1) is 19.6 Å². The van der Waals surface area contributed by atoms with Gasteiger partial charge in [-0.25, -0.2) is 0 Å². The second-order valence-corrected chi connectivity index (χ2v) is 4.39. The molecule has 0 aliphatic heterocycles. The van der Waals surface area contributed by atoms with Crippen molar-refractivity contribution < 1.29 is 9.53 Å². The van der Waals surface area contributed by atoms with Crippen LogP contribution in [0.4, 0.5) is 0 Å². The van der Waals surface area contributed by atoms with Gasteiger partial charge < -0.3 is 4.74 Å². The van der Waals surface area contributed by atoms with Crippen LogP contribution in [0, 0.1) is 11.3 Å². The van der Waals surface area contributed by atoms with Gasteiger partial charge in [0.25, 0.3) is 0 Å². The fourth-order valence-electron chi connectivity index (χ4n) is 1.15. The van der Waals surface area contributed by atoms with Crippen molar-refractivity contribution in [3.05, 3.63) is 35.9 Å². The van der Waals surface area contributed by atoms with Gasteiger partial charge in [0.15, 0.2) is 0 Å². The molecule has 16 heavy (non-hydrogen) atoms. The van der Waals surface area contributed by atoms with Crippen LogP contribution in [-0.2, 0) is 15.3 Å². The predicted molar refractivity (Wildman–Crippen MR) is 63.8 cm³/mol. The Balaban J connectivity index is 2.41. The summed E-state index contributed by atoms with van der Waals surface area (Å²) in [4.78, 5) is 11.0. The lowest BCUT2D eigenvalue weighted by molar-refractivity contribution is -0.140. The topological polar surface area (TPSA) is 50.1 Å². The Morgan fingerprint density at radius 1 is 1.50 bits per heavy atom. The van der Waals surface area contributed by atoms with Crippen molar-refractivity contribution in [2.75, 3.05) is 7.11 Å². The highest BCUT2D eigenvalue weighted by molar-refractivity contribution is 7.99. The average molecular weight is 235 g/mol. The molecule has 84 valence electrons. The van der Waals surface area contributed by atoms with Crippen molar-refractivity contribution >= 4 is 17.7 Å². The maximum atomic E-state index is 11.0. The number of hydrogen-bond acceptors (Lipinski definition) is 4. The molecule has 1 aromatic carbocycles. The summed E-state index contributed by atoms with van der Waals surface area (Å²) >= 11 is 1.46. The number of rotatable bonds is 5. The van der Waals surface area contributed by atoms with Crippen LogP contribution in [0.25, 0.3) is 0 Å². The van der Waals surface area contributed by atoms with E-state index in [2.05, 4.69) is 10.8 Å². The molecule has 0 amide bonds. The van der Waals surface area contributed by atoms with Gasteiger partial charge >= 0.3 is 5.97 Å². The fourth-order valence-corrected chi connectivity index (χ4v) is 2.06. The largest absolute Gasteiger partial charge is 0.469 e. The van der Waals surface area contributed by atoms with Gasteiger partial charge in [0, 0.05) is 5.75 Å². The number of carbonyl (C=O) groups is 1. The molecule has 0 aromatic heterocycles. The zero-order chi connectivity index (χ0) is 11.8. The first-order valence-corrected chi connectivity index (χ1v) is 5.93. The van der Waals surface area contributed by atoms with Crippen LogP contribution in [0.5, 0.6) is 0 Å². The van der Waals surface area contributed by atoms with E-state index in [4.69, 9.17) is 5.26 Å². The van der Waals surface area contributed by atoms with E-state index in [9.17, 15) is 4.79 Å². The van der Waals surface area contributed by atoms with E-state index in [0.29, 0.717) is 0 Å². The first-order valence-electron chi connectivity index (χ1n) is 4.88. The maximum Gasteiger partial charge on any atom is 0.307 e. The number of esters is 1. The van der Waals surface area contributed by atoms with Crippen LogP contribution >= 0.6 is 11.8 Å². The molecule has 1 rings (SSSR count). The number of thioether (sulfide) groups is 1. The van der Waals surface area contributed by atoms with Crippen LogP contribution in [0.2, 0.25) is 0 Å². The summed E-state index contributed by atoms with van der Waals surface area (Å²) < 4.78 is 4.53. The van der Waals surface area contributed by atoms with Crippen molar-refractivity contribution in [2.24, 2.45) is 0 Å². The number of ether oxygens (including phenoxy) is 1. The molecule has 4 heteroatoms. The molecule has 1 aromatic rings. The van der Waals surface area contributed by atoms with Gasteiger partial charge in [-0.05, 0) is 5.56 Å². The van der Waals surface area contributed by atoms with Crippen LogP contribution < -0.4 is 0 Å². The van der Waals surface area contributed by atoms with Crippen LogP contribution in [-0.4, -0.2) is 18.3 Å². The molecule has 0 fully saturated rings. The van der Waals surface area contributed by atoms with Gasteiger partial charge in [0.2, 0.25) is 0 Å². The Morgan fingerprint density at radius 2 is 2.19 bits per heavy atom. The molecule has 3 nitrogen and oxygen atoms in total. The van der Waals surface area contributed by atoms with Crippen molar-refractivity contribution in [3.63, 3.8) is 0 Å². The highest BCUT2D eigenvalue weighted by Gasteiger charge is 2.13. The van der Waals surface area contributed by atoms with E-state index in [1.165, 1.54) is 18.9 Å². The van der Waals surface area contributed by atoms with E-state index < -0.39 is 0 Å². The SMILES string of the molecule is COC(=O)CC(C#N)SCc1ccccc1. The predicted octanol–water partition coefficient (Wildman–Crippen LogP) is 2.38. The Hall–Kier alpha value is -1.47. The molecule has 0 aliphatic rings. The van der Waals surface area contributed by atoms with E-state index in [1.807, 2.05) is 30.3 Å². The summed E-state index contributed by atoms with van der Waals surface area (Å²) in [6, 6.07) is 12.0. The quantitative estimate of drug-likeness (QED) is 0.735. The minimum absolute atomic E-state index is 0.143. The molecule has 0 aliphatic carbocycles. The Bertz CT molecular complexity index is 372. The van der Waals surface area contributed by atoms with Gasteiger partial charge in [-0.15, -0.1) is 11.8 Å². The number of hydrogen-bond donors (Lipinski definition) is 0. The van der Waals surface area contributed by atoms with E-state index in [0.717, 1.165) is 11.3 Å². The zero-order valence-electron chi connectivity index (χ0n) is 9.05. The Morgan fingerprint density at radius 3 is 2.75 bits per heavy atom. The van der Waals surface area contributed by atoms with Gasteiger partial charge in [-0.1, -0.05) is 30.3 Å². The highest BCUT2D eigenvalue weighted by Crippen LogP contribution is 2.19. The normalized spacial score (nSPS) is 11.5. The number of carbonyl (C=O) groups excluding carboxylic acids is 1. The third kappa shape index (κ3) is 4.37. The summed E-state index contributed by atoms with van der Waals surface area (Å²) in [5, 5.41) is 8.53. The highest BCUT2D eigenvalue weighted by atomic mass is 32.2. The molecule has 0 saturated heterocycles. The number of methoxy groups -OCH3 is 1. The average Bonchev–Trinajstić information content (AvgIpc) is 2.35. The third-order valence-electron chi connectivity index (χ3n) is 2.02. The second kappa shape index (κ2) is 6.91. The van der Waals surface area contributed by atoms with Crippen molar-refractivity contribution in [2.45, 2.75) is 17.4 Å². The minimum atomic E-state index is -0.341. The Kier molecular flexibility index (Phi) is 5.44. The number of benzene rings is 1. The Labute approximate surface area is 99.4 Å². The molecule has 0 saturated carbocycles. The maximum absolute atomic E-state index is 11.0. The lowest BCUT2D eigenvalue weighted by atomic mass is 10.2. The van der Waals surface area contributed by atoms with Gasteiger partial charge in [0.1, 0.15) is 5.25 Å². The van der Waals surface area contributed by atoms with Crippen molar-refractivity contribution in [3.8, 4) is 6.07 Å². The zero-order valence-corrected chi connectivity index (χ0v) is 9.87. The van der Waals surface area contributed by atoms with Crippen molar-refractivity contribution in [1.29, 1.82) is 5.26 Å². The summed E-state index contributed by atoms with van der Waals surface area (Å²) in [6.07, 6.45) is 0.143. The van der Waals surface area contributed by atoms with Crippen LogP contribution in [0.15, 0.2) is 30.3 Å². The monoisotopic (exact) mass is 235 g/mol. The molecule has 0 heterocycles. The smallest absolute Gasteiger partial charge is 0.307 e. The first-order chi connectivity index (χ1) is 7.76. The lowest BCUT2D eigenvalue weighted by Gasteiger charge is -2.07. The van der Waals surface area contributed by atoms with E-state index in [1.54, 1.807) is 0 Å². The molecule has 0 radical (unpaired) electrons. The second-order valence-electron chi connectivity index (χ2n) is 3.19. The molecule has 0 N–H and O–H groups in total. The van der Waals surface area contributed by atoms with Gasteiger partial charge in [-0.3, -0.25) is 4.79 Å². The fraction of sp³-hybridized carbons (Fsp3) is 0.333. The van der Waals surface area contributed by atoms with Crippen LogP contribution in [0.1, 0.15) is 12.0 Å². The first kappa shape index (κ1) is 12.6. The van der Waals surface area contributed by atoms with E-state index >= 15 is 0 Å². The number of nitriles is 1. The van der Waals surface area contributed by atoms with Gasteiger partial charge in [-0.2, -0.15) is 5.26 Å². The lowest BCUT2D eigenvalue weighted by Crippen LogP contribution is -2.10. The molecule has 0 spiro atoms. The molecule has 1 unspecified atom stereocenters. The van der Waals surface area contributed by atoms with Crippen LogP contribution in [0.3, 0.4) is 0 Å². The molecular formula is C12H13NO2S. The summed E-state index contributed by atoms with van der Waals surface area (Å²) in [7, 11) is 1.33. The number of nitrogens with zero attached hydrogens (tertiary/aromatic N) is 1. The summed E-state index contributed by atoms with van der Waals surface area (Å²) in [5.41, 5.74) is 1.15. The molecule has 0 bridgehead atoms.